The topological polar surface area (TPSA) is 123 Å². The van der Waals surface area contributed by atoms with Crippen LogP contribution in [0.1, 0.15) is 46.0 Å². The molecule has 2 atom stereocenters. The predicted octanol–water partition coefficient (Wildman–Crippen LogP) is 4.74. The maximum atomic E-state index is 13.2. The molecule has 0 bridgehead atoms. The number of piperazine rings is 1. The second-order valence-electron chi connectivity index (χ2n) is 10.5. The zero-order valence-corrected chi connectivity index (χ0v) is 24.3. The number of aromatic nitrogens is 3. The van der Waals surface area contributed by atoms with E-state index in [9.17, 15) is 14.7 Å². The number of carbonyl (C=O) groups excluding carboxylic acids is 1. The van der Waals surface area contributed by atoms with Gasteiger partial charge in [-0.25, -0.2) is 14.8 Å². The number of hydrogen-bond donors (Lipinski definition) is 1. The SMILES string of the molecule is CC1CN(C(=O)c2cnc(COc3ccc(Cl)cc3Cl)o2)CCN1Cc1nc2ccc(C(=O)O)cc2n1CC1CCO1. The Morgan fingerprint density at radius 1 is 1.17 bits per heavy atom. The molecule has 0 saturated carbocycles. The molecule has 0 aliphatic carbocycles. The number of benzene rings is 2. The molecule has 0 radical (unpaired) electrons. The normalized spacial score (nSPS) is 19.2. The van der Waals surface area contributed by atoms with Gasteiger partial charge in [-0.15, -0.1) is 0 Å². The summed E-state index contributed by atoms with van der Waals surface area (Å²) in [6.07, 6.45) is 2.46. The van der Waals surface area contributed by atoms with Crippen LogP contribution in [0.15, 0.2) is 47.0 Å². The lowest BCUT2D eigenvalue weighted by molar-refractivity contribution is -0.0593. The van der Waals surface area contributed by atoms with Crippen LogP contribution in [0.2, 0.25) is 10.0 Å². The van der Waals surface area contributed by atoms with Crippen molar-refractivity contribution in [3.05, 3.63) is 75.7 Å². The summed E-state index contributed by atoms with van der Waals surface area (Å²) >= 11 is 12.1. The van der Waals surface area contributed by atoms with E-state index in [1.54, 1.807) is 41.3 Å². The summed E-state index contributed by atoms with van der Waals surface area (Å²) in [7, 11) is 0. The van der Waals surface area contributed by atoms with E-state index in [-0.39, 0.29) is 41.9 Å². The number of halogens is 2. The maximum absolute atomic E-state index is 13.2. The van der Waals surface area contributed by atoms with E-state index >= 15 is 0 Å². The lowest BCUT2D eigenvalue weighted by Crippen LogP contribution is -2.53. The lowest BCUT2D eigenvalue weighted by atomic mass is 10.1. The Labute approximate surface area is 251 Å². The molecule has 220 valence electrons. The van der Waals surface area contributed by atoms with Gasteiger partial charge in [0.2, 0.25) is 11.7 Å². The van der Waals surface area contributed by atoms with E-state index in [1.165, 1.54) is 6.20 Å². The van der Waals surface area contributed by atoms with E-state index in [4.69, 9.17) is 42.1 Å². The van der Waals surface area contributed by atoms with Crippen LogP contribution in [0, 0.1) is 0 Å². The Morgan fingerprint density at radius 3 is 2.71 bits per heavy atom. The van der Waals surface area contributed by atoms with E-state index in [1.807, 2.05) is 0 Å². The standard InChI is InChI=1S/C29H29Cl2N5O6/c1-17-13-35(28(37)25-12-32-27(42-25)16-41-24-5-3-19(30)11-21(24)31)8-7-34(17)15-26-33-22-4-2-18(29(38)39)10-23(22)36(26)14-20-6-9-40-20/h2-5,10-12,17,20H,6-9,13-16H2,1H3,(H,38,39). The third-order valence-electron chi connectivity index (χ3n) is 7.66. The Kier molecular flexibility index (Phi) is 8.09. The summed E-state index contributed by atoms with van der Waals surface area (Å²) in [5.74, 6) is 0.478. The van der Waals surface area contributed by atoms with Crippen molar-refractivity contribution in [2.24, 2.45) is 0 Å². The number of fused-ring (bicyclic) bond motifs is 1. The van der Waals surface area contributed by atoms with Crippen LogP contribution in [0.25, 0.3) is 11.0 Å². The first kappa shape index (κ1) is 28.5. The summed E-state index contributed by atoms with van der Waals surface area (Å²) < 4.78 is 19.1. The van der Waals surface area contributed by atoms with Crippen molar-refractivity contribution < 1.29 is 28.6 Å². The third-order valence-corrected chi connectivity index (χ3v) is 8.19. The Hall–Kier alpha value is -3.64. The largest absolute Gasteiger partial charge is 0.482 e. The number of rotatable bonds is 9. The minimum Gasteiger partial charge on any atom is -0.482 e. The van der Waals surface area contributed by atoms with Crippen molar-refractivity contribution in [3.63, 3.8) is 0 Å². The second-order valence-corrected chi connectivity index (χ2v) is 11.3. The average Bonchev–Trinajstić information content (AvgIpc) is 3.55. The summed E-state index contributed by atoms with van der Waals surface area (Å²) in [6, 6.07) is 9.95. The van der Waals surface area contributed by atoms with Gasteiger partial charge in [-0.3, -0.25) is 9.69 Å². The number of carboxylic acid groups (broad SMARTS) is 1. The summed E-state index contributed by atoms with van der Waals surface area (Å²) in [4.78, 5) is 37.9. The van der Waals surface area contributed by atoms with Gasteiger partial charge < -0.3 is 28.5 Å². The van der Waals surface area contributed by atoms with E-state index < -0.39 is 5.97 Å². The van der Waals surface area contributed by atoms with Gasteiger partial charge in [0, 0.05) is 37.3 Å². The highest BCUT2D eigenvalue weighted by Crippen LogP contribution is 2.28. The van der Waals surface area contributed by atoms with Gasteiger partial charge in [-0.2, -0.15) is 0 Å². The Bertz CT molecular complexity index is 1630. The molecule has 13 heteroatoms. The third kappa shape index (κ3) is 5.96. The van der Waals surface area contributed by atoms with Gasteiger partial charge in [0.05, 0.1) is 47.0 Å². The minimum atomic E-state index is -0.974. The van der Waals surface area contributed by atoms with Crippen LogP contribution in [0.3, 0.4) is 0 Å². The van der Waals surface area contributed by atoms with Crippen LogP contribution >= 0.6 is 23.2 Å². The smallest absolute Gasteiger partial charge is 0.335 e. The molecule has 1 N–H and O–H groups in total. The molecular formula is C29H29Cl2N5O6. The zero-order valence-electron chi connectivity index (χ0n) is 22.8. The molecule has 2 unspecified atom stereocenters. The van der Waals surface area contributed by atoms with Gasteiger partial charge in [-0.05, 0) is 49.7 Å². The number of carboxylic acids is 1. The number of carbonyl (C=O) groups is 2. The first-order chi connectivity index (χ1) is 20.2. The fraction of sp³-hybridized carbons (Fsp3) is 0.379. The molecule has 0 spiro atoms. The van der Waals surface area contributed by atoms with Crippen LogP contribution in [-0.2, 0) is 24.4 Å². The molecule has 42 heavy (non-hydrogen) atoms. The molecule has 2 fully saturated rings. The van der Waals surface area contributed by atoms with Crippen molar-refractivity contribution in [3.8, 4) is 5.75 Å². The fourth-order valence-electron chi connectivity index (χ4n) is 5.22. The van der Waals surface area contributed by atoms with Crippen molar-refractivity contribution in [2.45, 2.75) is 45.2 Å². The first-order valence-electron chi connectivity index (χ1n) is 13.6. The molecule has 2 aliphatic heterocycles. The molecule has 2 aromatic heterocycles. The number of hydrogen-bond acceptors (Lipinski definition) is 8. The van der Waals surface area contributed by atoms with Crippen LogP contribution < -0.4 is 4.74 Å². The zero-order chi connectivity index (χ0) is 29.4. The highest BCUT2D eigenvalue weighted by molar-refractivity contribution is 6.35. The number of nitrogens with zero attached hydrogens (tertiary/aromatic N) is 5. The number of aromatic carboxylic acids is 1. The predicted molar refractivity (Wildman–Crippen MR) is 154 cm³/mol. The molecule has 4 aromatic rings. The van der Waals surface area contributed by atoms with E-state index in [2.05, 4.69) is 21.4 Å². The molecule has 11 nitrogen and oxygen atoms in total. The molecular weight excluding hydrogens is 585 g/mol. The lowest BCUT2D eigenvalue weighted by Gasteiger charge is -2.39. The maximum Gasteiger partial charge on any atom is 0.335 e. The molecule has 2 saturated heterocycles. The van der Waals surface area contributed by atoms with Gasteiger partial charge in [0.1, 0.15) is 11.6 Å². The number of imidazole rings is 1. The molecule has 2 aliphatic rings. The highest BCUT2D eigenvalue weighted by atomic mass is 35.5. The summed E-state index contributed by atoms with van der Waals surface area (Å²) in [5.41, 5.74) is 1.76. The Balaban J connectivity index is 1.10. The van der Waals surface area contributed by atoms with E-state index in [0.717, 1.165) is 29.9 Å². The molecule has 4 heterocycles. The van der Waals surface area contributed by atoms with Gasteiger partial charge in [0.25, 0.3) is 5.91 Å². The van der Waals surface area contributed by atoms with Crippen molar-refractivity contribution >= 4 is 46.1 Å². The highest BCUT2D eigenvalue weighted by Gasteiger charge is 2.31. The van der Waals surface area contributed by atoms with Crippen LogP contribution in [0.4, 0.5) is 0 Å². The fourth-order valence-corrected chi connectivity index (χ4v) is 5.68. The molecule has 2 aromatic carbocycles. The number of amides is 1. The Morgan fingerprint density at radius 2 is 2.00 bits per heavy atom. The van der Waals surface area contributed by atoms with Gasteiger partial charge in [0.15, 0.2) is 6.61 Å². The average molecular weight is 614 g/mol. The quantitative estimate of drug-likeness (QED) is 0.285. The van der Waals surface area contributed by atoms with Crippen LogP contribution in [0.5, 0.6) is 5.75 Å². The number of ether oxygens (including phenoxy) is 2. The first-order valence-corrected chi connectivity index (χ1v) is 14.4. The van der Waals surface area contributed by atoms with E-state index in [0.29, 0.717) is 48.5 Å². The molecule has 1 amide bonds. The summed E-state index contributed by atoms with van der Waals surface area (Å²) in [6.45, 7) is 5.63. The van der Waals surface area contributed by atoms with Crippen LogP contribution in [-0.4, -0.2) is 79.7 Å². The van der Waals surface area contributed by atoms with Gasteiger partial charge >= 0.3 is 5.97 Å². The second kappa shape index (κ2) is 11.9. The molecule has 6 rings (SSSR count). The van der Waals surface area contributed by atoms with Crippen molar-refractivity contribution in [1.82, 2.24) is 24.3 Å². The van der Waals surface area contributed by atoms with Gasteiger partial charge in [-0.1, -0.05) is 23.2 Å². The van der Waals surface area contributed by atoms with Crippen molar-refractivity contribution in [1.29, 1.82) is 0 Å². The van der Waals surface area contributed by atoms with Crippen molar-refractivity contribution in [2.75, 3.05) is 26.2 Å². The number of oxazole rings is 1. The minimum absolute atomic E-state index is 0.0136. The summed E-state index contributed by atoms with van der Waals surface area (Å²) in [5, 5.41) is 10.4. The monoisotopic (exact) mass is 613 g/mol.